The summed E-state index contributed by atoms with van der Waals surface area (Å²) in [6.45, 7) is 2.03. The van der Waals surface area contributed by atoms with Crippen molar-refractivity contribution in [2.75, 3.05) is 10.6 Å². The average Bonchev–Trinajstić information content (AvgIpc) is 3.28. The maximum Gasteiger partial charge on any atom is 0.293 e. The Morgan fingerprint density at radius 3 is 2.53 bits per heavy atom. The Balaban J connectivity index is 1.40. The maximum absolute atomic E-state index is 13.3. The third kappa shape index (κ3) is 5.83. The molecule has 5 aromatic rings. The smallest absolute Gasteiger partial charge is 0.293 e. The van der Waals surface area contributed by atoms with Crippen LogP contribution in [0.1, 0.15) is 32.2 Å². The molecule has 0 fully saturated rings. The van der Waals surface area contributed by atoms with Gasteiger partial charge in [-0.1, -0.05) is 76.9 Å². The Morgan fingerprint density at radius 1 is 0.947 bits per heavy atom. The minimum absolute atomic E-state index is 0.0113. The number of thioether (sulfide) groups is 1. The van der Waals surface area contributed by atoms with E-state index in [9.17, 15) is 9.59 Å². The number of furan rings is 1. The van der Waals surface area contributed by atoms with Crippen LogP contribution in [0.15, 0.2) is 88.6 Å². The van der Waals surface area contributed by atoms with E-state index in [2.05, 4.69) is 26.7 Å². The highest BCUT2D eigenvalue weighted by Crippen LogP contribution is 2.32. The number of carbonyl (C=O) groups is 2. The van der Waals surface area contributed by atoms with Gasteiger partial charge in [-0.3, -0.25) is 9.59 Å². The van der Waals surface area contributed by atoms with Crippen LogP contribution in [-0.4, -0.2) is 21.8 Å². The van der Waals surface area contributed by atoms with E-state index < -0.39 is 11.8 Å². The van der Waals surface area contributed by atoms with Gasteiger partial charge < -0.3 is 15.1 Å². The fourth-order valence-electron chi connectivity index (χ4n) is 3.75. The van der Waals surface area contributed by atoms with Gasteiger partial charge in [-0.15, -0.1) is 0 Å². The minimum Gasteiger partial charge on any atom is -0.449 e. The van der Waals surface area contributed by atoms with Crippen LogP contribution >= 0.6 is 35.0 Å². The highest BCUT2D eigenvalue weighted by atomic mass is 35.5. The van der Waals surface area contributed by atoms with Gasteiger partial charge in [0.05, 0.1) is 11.2 Å². The number of nitrogens with zero attached hydrogens (tertiary/aromatic N) is 2. The summed E-state index contributed by atoms with van der Waals surface area (Å²) in [7, 11) is 0. The van der Waals surface area contributed by atoms with Crippen molar-refractivity contribution >= 4 is 69.1 Å². The fraction of sp³-hybridized carbons (Fsp3) is 0.0714. The molecule has 0 spiro atoms. The number of para-hydroxylation sites is 1. The number of hydrogen-bond donors (Lipinski definition) is 2. The van der Waals surface area contributed by atoms with Gasteiger partial charge in [0.15, 0.2) is 10.9 Å². The van der Waals surface area contributed by atoms with E-state index in [1.54, 1.807) is 48.5 Å². The standard InChI is InChI=1S/C28H20Cl2N4O3S/c1-16-5-4-6-17(13-16)15-38-28-31-14-21(30)24(34-28)26(35)33-23-20-7-2-3-8-22(20)37-25(23)27(36)32-19-11-9-18(29)10-12-19/h2-14H,15H2,1H3,(H,32,36)(H,33,35). The van der Waals surface area contributed by atoms with Crippen LogP contribution in [0.4, 0.5) is 11.4 Å². The lowest BCUT2D eigenvalue weighted by Gasteiger charge is -2.09. The number of fused-ring (bicyclic) bond motifs is 1. The molecule has 10 heteroatoms. The highest BCUT2D eigenvalue weighted by molar-refractivity contribution is 7.98. The van der Waals surface area contributed by atoms with E-state index >= 15 is 0 Å². The maximum atomic E-state index is 13.3. The number of benzene rings is 3. The van der Waals surface area contributed by atoms with Crippen LogP contribution in [0, 0.1) is 6.92 Å². The van der Waals surface area contributed by atoms with Gasteiger partial charge in [-0.05, 0) is 48.9 Å². The van der Waals surface area contributed by atoms with E-state index in [4.69, 9.17) is 27.6 Å². The van der Waals surface area contributed by atoms with Crippen molar-refractivity contribution in [2.24, 2.45) is 0 Å². The second-order valence-electron chi connectivity index (χ2n) is 8.34. The molecule has 0 saturated heterocycles. The first-order valence-corrected chi connectivity index (χ1v) is 13.2. The minimum atomic E-state index is -0.595. The largest absolute Gasteiger partial charge is 0.449 e. The SMILES string of the molecule is Cc1cccc(CSc2ncc(Cl)c(C(=O)Nc3c(C(=O)Nc4ccc(Cl)cc4)oc4ccccc34)n2)c1. The molecular formula is C28H20Cl2N4O3S. The first-order valence-electron chi connectivity index (χ1n) is 11.5. The predicted octanol–water partition coefficient (Wildman–Crippen LogP) is 7.63. The van der Waals surface area contributed by atoms with Crippen molar-refractivity contribution in [2.45, 2.75) is 17.8 Å². The number of aromatic nitrogens is 2. The topological polar surface area (TPSA) is 97.1 Å². The molecule has 2 N–H and O–H groups in total. The Labute approximate surface area is 232 Å². The quantitative estimate of drug-likeness (QED) is 0.156. The summed E-state index contributed by atoms with van der Waals surface area (Å²) < 4.78 is 5.82. The van der Waals surface area contributed by atoms with Crippen LogP contribution in [-0.2, 0) is 5.75 Å². The number of halogens is 2. The lowest BCUT2D eigenvalue weighted by molar-refractivity contribution is 0.0999. The lowest BCUT2D eigenvalue weighted by Crippen LogP contribution is -2.18. The Hall–Kier alpha value is -3.85. The summed E-state index contributed by atoms with van der Waals surface area (Å²) in [5, 5.41) is 7.12. The normalized spacial score (nSPS) is 10.9. The average molecular weight is 563 g/mol. The molecule has 0 bridgehead atoms. The molecule has 2 aromatic heterocycles. The Morgan fingerprint density at radius 2 is 1.74 bits per heavy atom. The first kappa shape index (κ1) is 25.8. The summed E-state index contributed by atoms with van der Waals surface area (Å²) in [5.74, 6) is -0.566. The summed E-state index contributed by atoms with van der Waals surface area (Å²) in [6.07, 6.45) is 1.39. The third-order valence-electron chi connectivity index (χ3n) is 5.53. The molecule has 0 saturated carbocycles. The van der Waals surface area contributed by atoms with Gasteiger partial charge >= 0.3 is 0 Å². The van der Waals surface area contributed by atoms with Crippen molar-refractivity contribution in [3.8, 4) is 0 Å². The lowest BCUT2D eigenvalue weighted by atomic mass is 10.2. The summed E-state index contributed by atoms with van der Waals surface area (Å²) in [4.78, 5) is 35.1. The number of nitrogens with one attached hydrogen (secondary N) is 2. The van der Waals surface area contributed by atoms with Crippen LogP contribution in [0.2, 0.25) is 10.0 Å². The van der Waals surface area contributed by atoms with Crippen LogP contribution < -0.4 is 10.6 Å². The zero-order chi connectivity index (χ0) is 26.6. The molecule has 0 aliphatic heterocycles. The number of hydrogen-bond acceptors (Lipinski definition) is 6. The summed E-state index contributed by atoms with van der Waals surface area (Å²) in [6, 6.07) is 21.8. The van der Waals surface area contributed by atoms with Crippen molar-refractivity contribution < 1.29 is 14.0 Å². The molecule has 0 aliphatic rings. The van der Waals surface area contributed by atoms with Crippen molar-refractivity contribution in [3.63, 3.8) is 0 Å². The predicted molar refractivity (Wildman–Crippen MR) is 151 cm³/mol. The summed E-state index contributed by atoms with van der Waals surface area (Å²) >= 11 is 13.6. The van der Waals surface area contributed by atoms with E-state index in [1.165, 1.54) is 18.0 Å². The monoisotopic (exact) mass is 562 g/mol. The molecule has 0 radical (unpaired) electrons. The van der Waals surface area contributed by atoms with Gasteiger partial charge in [0.1, 0.15) is 11.3 Å². The molecule has 5 rings (SSSR count). The Kier molecular flexibility index (Phi) is 7.64. The number of carbonyl (C=O) groups excluding carboxylic acids is 2. The van der Waals surface area contributed by atoms with Gasteiger partial charge in [0.2, 0.25) is 5.76 Å². The first-order chi connectivity index (χ1) is 18.4. The van der Waals surface area contributed by atoms with Crippen LogP contribution in [0.5, 0.6) is 0 Å². The molecule has 0 atom stereocenters. The Bertz CT molecular complexity index is 1650. The molecule has 7 nitrogen and oxygen atoms in total. The third-order valence-corrected chi connectivity index (χ3v) is 6.99. The fourth-order valence-corrected chi connectivity index (χ4v) is 4.81. The van der Waals surface area contributed by atoms with Gasteiger partial charge in [-0.2, -0.15) is 0 Å². The second kappa shape index (κ2) is 11.3. The highest BCUT2D eigenvalue weighted by Gasteiger charge is 2.24. The van der Waals surface area contributed by atoms with Crippen LogP contribution in [0.3, 0.4) is 0 Å². The van der Waals surface area contributed by atoms with Crippen molar-refractivity contribution in [3.05, 3.63) is 112 Å². The van der Waals surface area contributed by atoms with E-state index in [0.717, 1.165) is 11.1 Å². The molecule has 2 amide bonds. The van der Waals surface area contributed by atoms with Gasteiger partial charge in [-0.25, -0.2) is 9.97 Å². The van der Waals surface area contributed by atoms with Crippen molar-refractivity contribution in [1.82, 2.24) is 9.97 Å². The molecule has 0 aliphatic carbocycles. The van der Waals surface area contributed by atoms with E-state index in [1.807, 2.05) is 25.1 Å². The van der Waals surface area contributed by atoms with Crippen molar-refractivity contribution in [1.29, 1.82) is 0 Å². The second-order valence-corrected chi connectivity index (χ2v) is 10.1. The molecule has 38 heavy (non-hydrogen) atoms. The summed E-state index contributed by atoms with van der Waals surface area (Å²) in [5.41, 5.74) is 3.42. The number of aryl methyl sites for hydroxylation is 1. The zero-order valence-corrected chi connectivity index (χ0v) is 22.3. The number of amides is 2. The molecule has 190 valence electrons. The van der Waals surface area contributed by atoms with Crippen LogP contribution in [0.25, 0.3) is 11.0 Å². The molecular weight excluding hydrogens is 543 g/mol. The molecule has 2 heterocycles. The van der Waals surface area contributed by atoms with Gasteiger partial charge in [0.25, 0.3) is 11.8 Å². The van der Waals surface area contributed by atoms with E-state index in [0.29, 0.717) is 32.6 Å². The molecule has 0 unspecified atom stereocenters. The zero-order valence-electron chi connectivity index (χ0n) is 20.0. The van der Waals surface area contributed by atoms with Gasteiger partial charge in [0, 0.05) is 21.8 Å². The molecule has 3 aromatic carbocycles. The van der Waals surface area contributed by atoms with E-state index in [-0.39, 0.29) is 22.2 Å². The number of rotatable bonds is 7. The number of anilines is 2.